The third kappa shape index (κ3) is 3.40. The zero-order valence-electron chi connectivity index (χ0n) is 10.9. The van der Waals surface area contributed by atoms with Crippen LogP contribution in [0.5, 0.6) is 0 Å². The van der Waals surface area contributed by atoms with Crippen LogP contribution < -0.4 is 5.32 Å². The van der Waals surface area contributed by atoms with Gasteiger partial charge < -0.3 is 5.32 Å². The zero-order valence-corrected chi connectivity index (χ0v) is 10.9. The number of nitrogens with one attached hydrogen (secondary N) is 1. The molecule has 0 saturated heterocycles. The van der Waals surface area contributed by atoms with E-state index in [1.807, 2.05) is 13.8 Å². The summed E-state index contributed by atoms with van der Waals surface area (Å²) >= 11 is 0. The highest BCUT2D eigenvalue weighted by Crippen LogP contribution is 2.05. The minimum absolute atomic E-state index is 0.221. The van der Waals surface area contributed by atoms with Crippen LogP contribution in [0.2, 0.25) is 0 Å². The Morgan fingerprint density at radius 3 is 2.58 bits per heavy atom. The summed E-state index contributed by atoms with van der Waals surface area (Å²) in [6.45, 7) is 4.34. The molecule has 5 heteroatoms. The SMILES string of the molecule is CC(C)n1ccc(C(=O)NCc2ccc(F)cc2)n1. The molecule has 1 aromatic carbocycles. The quantitative estimate of drug-likeness (QED) is 0.919. The standard InChI is InChI=1S/C14H16FN3O/c1-10(2)18-8-7-13(17-18)14(19)16-9-11-3-5-12(15)6-4-11/h3-8,10H,9H2,1-2H3,(H,16,19). The molecule has 0 aliphatic rings. The summed E-state index contributed by atoms with van der Waals surface area (Å²) in [4.78, 5) is 11.9. The predicted molar refractivity (Wildman–Crippen MR) is 70.2 cm³/mol. The van der Waals surface area contributed by atoms with E-state index < -0.39 is 0 Å². The van der Waals surface area contributed by atoms with Gasteiger partial charge >= 0.3 is 0 Å². The molecule has 4 nitrogen and oxygen atoms in total. The molecule has 2 aromatic rings. The zero-order chi connectivity index (χ0) is 13.8. The van der Waals surface area contributed by atoms with E-state index in [4.69, 9.17) is 0 Å². The monoisotopic (exact) mass is 261 g/mol. The number of benzene rings is 1. The van der Waals surface area contributed by atoms with Gasteiger partial charge in [0.15, 0.2) is 0 Å². The number of carbonyl (C=O) groups is 1. The molecule has 0 atom stereocenters. The van der Waals surface area contributed by atoms with Crippen molar-refractivity contribution in [2.24, 2.45) is 0 Å². The molecule has 0 aliphatic carbocycles. The maximum Gasteiger partial charge on any atom is 0.272 e. The molecule has 0 unspecified atom stereocenters. The summed E-state index contributed by atoms with van der Waals surface area (Å²) in [5.74, 6) is -0.519. The molecule has 0 saturated carbocycles. The van der Waals surface area contributed by atoms with E-state index in [2.05, 4.69) is 10.4 Å². The fourth-order valence-electron chi connectivity index (χ4n) is 1.62. The van der Waals surface area contributed by atoms with Crippen LogP contribution in [0.3, 0.4) is 0 Å². The number of halogens is 1. The highest BCUT2D eigenvalue weighted by molar-refractivity contribution is 5.92. The van der Waals surface area contributed by atoms with Crippen LogP contribution in [-0.2, 0) is 6.54 Å². The van der Waals surface area contributed by atoms with Crippen LogP contribution in [0.1, 0.15) is 35.9 Å². The third-order valence-electron chi connectivity index (χ3n) is 2.74. The molecule has 1 N–H and O–H groups in total. The first kappa shape index (κ1) is 13.3. The van der Waals surface area contributed by atoms with E-state index in [0.717, 1.165) is 5.56 Å². The van der Waals surface area contributed by atoms with Crippen LogP contribution in [0.25, 0.3) is 0 Å². The second kappa shape index (κ2) is 5.65. The van der Waals surface area contributed by atoms with Gasteiger partial charge in [-0.25, -0.2) is 4.39 Å². The van der Waals surface area contributed by atoms with Gasteiger partial charge in [-0.3, -0.25) is 9.48 Å². The molecule has 100 valence electrons. The third-order valence-corrected chi connectivity index (χ3v) is 2.74. The molecule has 1 amide bonds. The smallest absolute Gasteiger partial charge is 0.272 e. The van der Waals surface area contributed by atoms with Crippen molar-refractivity contribution >= 4 is 5.91 Å². The van der Waals surface area contributed by atoms with Gasteiger partial charge in [0.2, 0.25) is 0 Å². The van der Waals surface area contributed by atoms with Gasteiger partial charge in [0.25, 0.3) is 5.91 Å². The molecular weight excluding hydrogens is 245 g/mol. The first-order valence-electron chi connectivity index (χ1n) is 6.14. The van der Waals surface area contributed by atoms with Gasteiger partial charge in [0.1, 0.15) is 11.5 Å². The summed E-state index contributed by atoms with van der Waals surface area (Å²) in [5, 5.41) is 6.93. The average molecular weight is 261 g/mol. The Kier molecular flexibility index (Phi) is 3.94. The normalized spacial score (nSPS) is 10.7. The molecule has 2 rings (SSSR count). The van der Waals surface area contributed by atoms with Crippen molar-refractivity contribution in [2.45, 2.75) is 26.4 Å². The van der Waals surface area contributed by atoms with Gasteiger partial charge in [0.05, 0.1) is 0 Å². The Bertz CT molecular complexity index is 560. The van der Waals surface area contributed by atoms with Crippen LogP contribution in [0, 0.1) is 5.82 Å². The number of rotatable bonds is 4. The van der Waals surface area contributed by atoms with E-state index in [9.17, 15) is 9.18 Å². The Balaban J connectivity index is 1.95. The summed E-state index contributed by atoms with van der Waals surface area (Å²) in [5.41, 5.74) is 1.23. The van der Waals surface area contributed by atoms with E-state index in [-0.39, 0.29) is 17.8 Å². The molecule has 0 aliphatic heterocycles. The summed E-state index contributed by atoms with van der Waals surface area (Å²) in [6.07, 6.45) is 1.78. The molecule has 0 radical (unpaired) electrons. The number of carbonyl (C=O) groups excluding carboxylic acids is 1. The minimum atomic E-state index is -0.286. The van der Waals surface area contributed by atoms with E-state index in [1.54, 1.807) is 29.1 Å². The fourth-order valence-corrected chi connectivity index (χ4v) is 1.62. The van der Waals surface area contributed by atoms with Crippen molar-refractivity contribution in [1.29, 1.82) is 0 Å². The van der Waals surface area contributed by atoms with Crippen molar-refractivity contribution in [3.8, 4) is 0 Å². The highest BCUT2D eigenvalue weighted by atomic mass is 19.1. The molecule has 0 bridgehead atoms. The second-order valence-corrected chi connectivity index (χ2v) is 4.58. The number of aromatic nitrogens is 2. The van der Waals surface area contributed by atoms with Crippen LogP contribution >= 0.6 is 0 Å². The van der Waals surface area contributed by atoms with Crippen LogP contribution in [0.15, 0.2) is 36.5 Å². The lowest BCUT2D eigenvalue weighted by Crippen LogP contribution is -2.23. The minimum Gasteiger partial charge on any atom is -0.347 e. The molecule has 19 heavy (non-hydrogen) atoms. The molecule has 1 aromatic heterocycles. The Hall–Kier alpha value is -2.17. The van der Waals surface area contributed by atoms with Gasteiger partial charge in [-0.05, 0) is 37.6 Å². The van der Waals surface area contributed by atoms with Gasteiger partial charge in [0, 0.05) is 18.8 Å². The van der Waals surface area contributed by atoms with E-state index in [0.29, 0.717) is 12.2 Å². The first-order valence-corrected chi connectivity index (χ1v) is 6.14. The largest absolute Gasteiger partial charge is 0.347 e. The van der Waals surface area contributed by atoms with Gasteiger partial charge in [-0.2, -0.15) is 5.10 Å². The topological polar surface area (TPSA) is 46.9 Å². The lowest BCUT2D eigenvalue weighted by molar-refractivity contribution is 0.0945. The van der Waals surface area contributed by atoms with Crippen molar-refractivity contribution in [2.75, 3.05) is 0 Å². The maximum absolute atomic E-state index is 12.7. The molecule has 0 spiro atoms. The summed E-state index contributed by atoms with van der Waals surface area (Å²) < 4.78 is 14.5. The van der Waals surface area contributed by atoms with Gasteiger partial charge in [-0.15, -0.1) is 0 Å². The molecular formula is C14H16FN3O. The predicted octanol–water partition coefficient (Wildman–Crippen LogP) is 2.53. The number of hydrogen-bond acceptors (Lipinski definition) is 2. The first-order chi connectivity index (χ1) is 9.06. The average Bonchev–Trinajstić information content (AvgIpc) is 2.87. The maximum atomic E-state index is 12.7. The number of nitrogens with zero attached hydrogens (tertiary/aromatic N) is 2. The lowest BCUT2D eigenvalue weighted by atomic mass is 10.2. The molecule has 0 fully saturated rings. The number of amides is 1. The van der Waals surface area contributed by atoms with Crippen LogP contribution in [0.4, 0.5) is 4.39 Å². The van der Waals surface area contributed by atoms with Gasteiger partial charge in [-0.1, -0.05) is 12.1 Å². The Labute approximate surface area is 111 Å². The highest BCUT2D eigenvalue weighted by Gasteiger charge is 2.10. The fraction of sp³-hybridized carbons (Fsp3) is 0.286. The second-order valence-electron chi connectivity index (χ2n) is 4.58. The van der Waals surface area contributed by atoms with Crippen molar-refractivity contribution in [1.82, 2.24) is 15.1 Å². The number of hydrogen-bond donors (Lipinski definition) is 1. The lowest BCUT2D eigenvalue weighted by Gasteiger charge is -2.05. The molecule has 1 heterocycles. The van der Waals surface area contributed by atoms with Crippen molar-refractivity contribution in [3.63, 3.8) is 0 Å². The van der Waals surface area contributed by atoms with E-state index >= 15 is 0 Å². The Morgan fingerprint density at radius 2 is 2.00 bits per heavy atom. The van der Waals surface area contributed by atoms with Crippen molar-refractivity contribution in [3.05, 3.63) is 53.6 Å². The van der Waals surface area contributed by atoms with E-state index in [1.165, 1.54) is 12.1 Å². The Morgan fingerprint density at radius 1 is 1.32 bits per heavy atom. The summed E-state index contributed by atoms with van der Waals surface area (Å²) in [7, 11) is 0. The summed E-state index contributed by atoms with van der Waals surface area (Å²) in [6, 6.07) is 7.92. The van der Waals surface area contributed by atoms with Crippen LogP contribution in [-0.4, -0.2) is 15.7 Å². The van der Waals surface area contributed by atoms with Crippen molar-refractivity contribution < 1.29 is 9.18 Å².